The molecule has 1 aliphatic rings. The molecule has 1 fully saturated rings. The highest BCUT2D eigenvalue weighted by Crippen LogP contribution is 2.30. The molecule has 0 N–H and O–H groups in total. The Morgan fingerprint density at radius 2 is 2.00 bits per heavy atom. The standard InChI is InChI=1S/C20H24N4O2/c1-13-12-14(2)21-20-18(13)22-19(17-10-7-11-26-17)24(20)23(15(3)25)16-8-5-4-6-9-16/h7,10-12,16H,4-6,8-9H2,1-3H3. The molecule has 1 saturated carbocycles. The number of carbonyl (C=O) groups is 1. The molecular weight excluding hydrogens is 328 g/mol. The molecule has 136 valence electrons. The Morgan fingerprint density at radius 1 is 1.23 bits per heavy atom. The predicted molar refractivity (Wildman–Crippen MR) is 100 cm³/mol. The number of rotatable bonds is 3. The van der Waals surface area contributed by atoms with E-state index in [1.54, 1.807) is 13.2 Å². The molecule has 3 aromatic rings. The number of imidazole rings is 1. The van der Waals surface area contributed by atoms with Gasteiger partial charge in [0.2, 0.25) is 5.91 Å². The molecule has 26 heavy (non-hydrogen) atoms. The Bertz CT molecular complexity index is 937. The van der Waals surface area contributed by atoms with Gasteiger partial charge < -0.3 is 4.42 Å². The Kier molecular flexibility index (Phi) is 4.26. The molecule has 0 spiro atoms. The van der Waals surface area contributed by atoms with Crippen LogP contribution in [-0.4, -0.2) is 26.6 Å². The second kappa shape index (κ2) is 6.59. The van der Waals surface area contributed by atoms with Gasteiger partial charge in [-0.3, -0.25) is 4.79 Å². The van der Waals surface area contributed by atoms with Gasteiger partial charge in [0.15, 0.2) is 17.2 Å². The van der Waals surface area contributed by atoms with Crippen molar-refractivity contribution in [2.24, 2.45) is 0 Å². The summed E-state index contributed by atoms with van der Waals surface area (Å²) in [7, 11) is 0. The zero-order valence-electron chi connectivity index (χ0n) is 15.5. The summed E-state index contributed by atoms with van der Waals surface area (Å²) in [5.41, 5.74) is 3.49. The summed E-state index contributed by atoms with van der Waals surface area (Å²) < 4.78 is 7.51. The van der Waals surface area contributed by atoms with E-state index in [-0.39, 0.29) is 11.9 Å². The summed E-state index contributed by atoms with van der Waals surface area (Å²) in [5, 5.41) is 1.85. The maximum Gasteiger partial charge on any atom is 0.238 e. The molecule has 0 radical (unpaired) electrons. The van der Waals surface area contributed by atoms with Gasteiger partial charge in [-0.2, -0.15) is 0 Å². The largest absolute Gasteiger partial charge is 0.461 e. The zero-order chi connectivity index (χ0) is 18.3. The van der Waals surface area contributed by atoms with Crippen LogP contribution in [0.5, 0.6) is 0 Å². The summed E-state index contributed by atoms with van der Waals surface area (Å²) in [5.74, 6) is 1.28. The molecule has 3 aromatic heterocycles. The van der Waals surface area contributed by atoms with Crippen LogP contribution >= 0.6 is 0 Å². The summed E-state index contributed by atoms with van der Waals surface area (Å²) >= 11 is 0. The second-order valence-corrected chi connectivity index (χ2v) is 7.13. The van der Waals surface area contributed by atoms with E-state index in [9.17, 15) is 4.79 Å². The molecular formula is C20H24N4O2. The average Bonchev–Trinajstić information content (AvgIpc) is 3.24. The van der Waals surface area contributed by atoms with Crippen molar-refractivity contribution in [2.45, 2.75) is 58.9 Å². The fourth-order valence-corrected chi connectivity index (χ4v) is 4.01. The number of pyridine rings is 1. The van der Waals surface area contributed by atoms with Crippen molar-refractivity contribution in [1.29, 1.82) is 0 Å². The summed E-state index contributed by atoms with van der Waals surface area (Å²) in [6.07, 6.45) is 7.15. The van der Waals surface area contributed by atoms with Gasteiger partial charge in [0.05, 0.1) is 12.3 Å². The van der Waals surface area contributed by atoms with E-state index < -0.39 is 0 Å². The van der Waals surface area contributed by atoms with Crippen molar-refractivity contribution in [2.75, 3.05) is 5.01 Å². The minimum absolute atomic E-state index is 0.00460. The highest BCUT2D eigenvalue weighted by molar-refractivity contribution is 5.89. The first-order valence-electron chi connectivity index (χ1n) is 9.27. The van der Waals surface area contributed by atoms with Crippen LogP contribution in [0.4, 0.5) is 0 Å². The summed E-state index contributed by atoms with van der Waals surface area (Å²) in [4.78, 5) is 22.2. The van der Waals surface area contributed by atoms with Crippen LogP contribution in [-0.2, 0) is 4.79 Å². The number of carbonyl (C=O) groups excluding carboxylic acids is 1. The molecule has 1 amide bonds. The Labute approximate surface area is 152 Å². The first-order valence-corrected chi connectivity index (χ1v) is 9.27. The monoisotopic (exact) mass is 352 g/mol. The SMILES string of the molecule is CC(=O)N(C1CCCCC1)n1c(-c2ccco2)nc2c(C)cc(C)nc21. The number of aryl methyl sites for hydroxylation is 2. The maximum atomic E-state index is 12.7. The molecule has 0 bridgehead atoms. The van der Waals surface area contributed by atoms with Crippen LogP contribution < -0.4 is 5.01 Å². The fraction of sp³-hybridized carbons (Fsp3) is 0.450. The molecule has 0 atom stereocenters. The number of fused-ring (bicyclic) bond motifs is 1. The average molecular weight is 352 g/mol. The van der Waals surface area contributed by atoms with Crippen LogP contribution in [0.15, 0.2) is 28.9 Å². The van der Waals surface area contributed by atoms with Crippen molar-refractivity contribution in [1.82, 2.24) is 14.6 Å². The number of hydrogen-bond acceptors (Lipinski definition) is 4. The predicted octanol–water partition coefficient (Wildman–Crippen LogP) is 4.13. The Morgan fingerprint density at radius 3 is 2.65 bits per heavy atom. The van der Waals surface area contributed by atoms with Crippen LogP contribution in [0.25, 0.3) is 22.7 Å². The molecule has 3 heterocycles. The molecule has 6 nitrogen and oxygen atoms in total. The van der Waals surface area contributed by atoms with Gasteiger partial charge in [0, 0.05) is 12.6 Å². The second-order valence-electron chi connectivity index (χ2n) is 7.13. The Balaban J connectivity index is 1.98. The molecule has 0 saturated heterocycles. The summed E-state index contributed by atoms with van der Waals surface area (Å²) in [6.45, 7) is 5.61. The van der Waals surface area contributed by atoms with Gasteiger partial charge in [-0.15, -0.1) is 0 Å². The van der Waals surface area contributed by atoms with Gasteiger partial charge in [-0.25, -0.2) is 19.7 Å². The third-order valence-electron chi connectivity index (χ3n) is 5.11. The zero-order valence-corrected chi connectivity index (χ0v) is 15.5. The molecule has 6 heteroatoms. The lowest BCUT2D eigenvalue weighted by Gasteiger charge is -2.34. The van der Waals surface area contributed by atoms with E-state index in [0.717, 1.165) is 48.1 Å². The quantitative estimate of drug-likeness (QED) is 0.711. The van der Waals surface area contributed by atoms with Crippen LogP contribution in [0, 0.1) is 13.8 Å². The third kappa shape index (κ3) is 2.79. The minimum Gasteiger partial charge on any atom is -0.461 e. The highest BCUT2D eigenvalue weighted by Gasteiger charge is 2.30. The summed E-state index contributed by atoms with van der Waals surface area (Å²) in [6, 6.07) is 5.89. The number of aromatic nitrogens is 3. The molecule has 0 unspecified atom stereocenters. The molecule has 0 aromatic carbocycles. The van der Waals surface area contributed by atoms with Crippen molar-refractivity contribution in [3.05, 3.63) is 35.7 Å². The van der Waals surface area contributed by atoms with E-state index in [1.807, 2.05) is 41.7 Å². The lowest BCUT2D eigenvalue weighted by Crippen LogP contribution is -2.48. The smallest absolute Gasteiger partial charge is 0.238 e. The third-order valence-corrected chi connectivity index (χ3v) is 5.11. The van der Waals surface area contributed by atoms with E-state index in [4.69, 9.17) is 14.4 Å². The normalized spacial score (nSPS) is 15.5. The topological polar surface area (TPSA) is 64.2 Å². The van der Waals surface area contributed by atoms with Crippen molar-refractivity contribution in [3.63, 3.8) is 0 Å². The minimum atomic E-state index is 0.00460. The molecule has 0 aliphatic heterocycles. The maximum absolute atomic E-state index is 12.7. The first kappa shape index (κ1) is 16.8. The van der Waals surface area contributed by atoms with Crippen molar-refractivity contribution >= 4 is 17.1 Å². The number of nitrogens with zero attached hydrogens (tertiary/aromatic N) is 4. The number of hydrogen-bond donors (Lipinski definition) is 0. The van der Waals surface area contributed by atoms with Crippen molar-refractivity contribution in [3.8, 4) is 11.6 Å². The van der Waals surface area contributed by atoms with E-state index in [1.165, 1.54) is 6.42 Å². The lowest BCUT2D eigenvalue weighted by atomic mass is 9.95. The van der Waals surface area contributed by atoms with E-state index >= 15 is 0 Å². The van der Waals surface area contributed by atoms with E-state index in [2.05, 4.69) is 0 Å². The lowest BCUT2D eigenvalue weighted by molar-refractivity contribution is -0.118. The molecule has 4 rings (SSSR count). The fourth-order valence-electron chi connectivity index (χ4n) is 4.01. The van der Waals surface area contributed by atoms with Crippen molar-refractivity contribution < 1.29 is 9.21 Å². The van der Waals surface area contributed by atoms with Gasteiger partial charge in [0.25, 0.3) is 0 Å². The highest BCUT2D eigenvalue weighted by atomic mass is 16.3. The Hall–Kier alpha value is -2.63. The van der Waals surface area contributed by atoms with E-state index in [0.29, 0.717) is 11.6 Å². The number of amides is 1. The van der Waals surface area contributed by atoms with Crippen LogP contribution in [0.3, 0.4) is 0 Å². The van der Waals surface area contributed by atoms with Gasteiger partial charge in [-0.05, 0) is 50.5 Å². The van der Waals surface area contributed by atoms with Gasteiger partial charge >= 0.3 is 0 Å². The first-order chi connectivity index (χ1) is 12.6. The molecule has 1 aliphatic carbocycles. The van der Waals surface area contributed by atoms with Gasteiger partial charge in [-0.1, -0.05) is 19.3 Å². The number of furan rings is 1. The van der Waals surface area contributed by atoms with Gasteiger partial charge in [0.1, 0.15) is 5.52 Å². The van der Waals surface area contributed by atoms with Crippen LogP contribution in [0.2, 0.25) is 0 Å². The van der Waals surface area contributed by atoms with Crippen LogP contribution in [0.1, 0.15) is 50.3 Å².